The molecule has 0 bridgehead atoms. The highest BCUT2D eigenvalue weighted by Crippen LogP contribution is 2.31. The van der Waals surface area contributed by atoms with Crippen LogP contribution < -0.4 is 14.8 Å². The zero-order chi connectivity index (χ0) is 20.4. The molecule has 0 atom stereocenters. The lowest BCUT2D eigenvalue weighted by molar-refractivity contribution is 0.102. The van der Waals surface area contributed by atoms with E-state index in [4.69, 9.17) is 21.1 Å². The number of anilines is 1. The van der Waals surface area contributed by atoms with Crippen LogP contribution in [0.25, 0.3) is 22.4 Å². The van der Waals surface area contributed by atoms with Crippen LogP contribution in [-0.4, -0.2) is 30.1 Å². The van der Waals surface area contributed by atoms with Gasteiger partial charge < -0.3 is 19.8 Å². The van der Waals surface area contributed by atoms with E-state index in [1.165, 1.54) is 7.11 Å². The normalized spacial score (nSPS) is 10.7. The van der Waals surface area contributed by atoms with E-state index in [0.29, 0.717) is 33.6 Å². The number of carbonyl (C=O) groups is 1. The molecule has 0 aliphatic heterocycles. The molecule has 2 N–H and O–H groups in total. The summed E-state index contributed by atoms with van der Waals surface area (Å²) in [5.41, 5.74) is 3.58. The Hall–Kier alpha value is -3.51. The second kappa shape index (κ2) is 7.85. The largest absolute Gasteiger partial charge is 0.495 e. The fourth-order valence-corrected chi connectivity index (χ4v) is 3.30. The third-order valence-corrected chi connectivity index (χ3v) is 4.82. The number of carbonyl (C=O) groups excluding carboxylic acids is 1. The molecule has 4 aromatic rings. The maximum atomic E-state index is 12.7. The summed E-state index contributed by atoms with van der Waals surface area (Å²) in [4.78, 5) is 20.6. The molecule has 0 saturated carbocycles. The molecule has 1 amide bonds. The molecule has 0 radical (unpaired) electrons. The maximum absolute atomic E-state index is 12.7. The Kier molecular flexibility index (Phi) is 5.10. The Morgan fingerprint density at radius 2 is 1.76 bits per heavy atom. The van der Waals surface area contributed by atoms with Crippen LogP contribution >= 0.6 is 11.6 Å². The molecule has 1 aromatic heterocycles. The van der Waals surface area contributed by atoms with Gasteiger partial charge in [-0.25, -0.2) is 4.98 Å². The number of nitrogens with zero attached hydrogens (tertiary/aromatic N) is 1. The lowest BCUT2D eigenvalue weighted by Gasteiger charge is -2.12. The van der Waals surface area contributed by atoms with Crippen molar-refractivity contribution < 1.29 is 14.3 Å². The van der Waals surface area contributed by atoms with Crippen molar-refractivity contribution in [2.45, 2.75) is 0 Å². The Morgan fingerprint density at radius 1 is 1.00 bits per heavy atom. The summed E-state index contributed by atoms with van der Waals surface area (Å²) in [6, 6.07) is 18.1. The molecule has 0 fully saturated rings. The number of hydrogen-bond acceptors (Lipinski definition) is 4. The highest BCUT2D eigenvalue weighted by Gasteiger charge is 2.14. The molecular weight excluding hydrogens is 390 g/mol. The van der Waals surface area contributed by atoms with Gasteiger partial charge in [0.15, 0.2) is 0 Å². The number of nitrogens with one attached hydrogen (secondary N) is 2. The SMILES string of the molecule is COc1ccc(C(=O)Nc2cc(-c3nc4ccccc4[nH]3)ccc2OC)cc1Cl. The van der Waals surface area contributed by atoms with E-state index in [9.17, 15) is 4.79 Å². The van der Waals surface area contributed by atoms with Gasteiger partial charge in [-0.3, -0.25) is 4.79 Å². The van der Waals surface area contributed by atoms with Crippen LogP contribution in [-0.2, 0) is 0 Å². The van der Waals surface area contributed by atoms with Crippen molar-refractivity contribution in [2.75, 3.05) is 19.5 Å². The molecule has 0 unspecified atom stereocenters. The van der Waals surface area contributed by atoms with Crippen LogP contribution in [0.2, 0.25) is 5.02 Å². The number of imidazole rings is 1. The number of halogens is 1. The molecular formula is C22H18ClN3O3. The fourth-order valence-electron chi connectivity index (χ4n) is 3.04. The monoisotopic (exact) mass is 407 g/mol. The first kappa shape index (κ1) is 18.8. The van der Waals surface area contributed by atoms with E-state index in [1.54, 1.807) is 31.4 Å². The van der Waals surface area contributed by atoms with Gasteiger partial charge in [-0.1, -0.05) is 23.7 Å². The van der Waals surface area contributed by atoms with Gasteiger partial charge in [0.2, 0.25) is 0 Å². The summed E-state index contributed by atoms with van der Waals surface area (Å²) in [6.07, 6.45) is 0. The Morgan fingerprint density at radius 3 is 2.48 bits per heavy atom. The predicted octanol–water partition coefficient (Wildman–Crippen LogP) is 5.15. The van der Waals surface area contributed by atoms with Crippen LogP contribution in [0.15, 0.2) is 60.7 Å². The Labute approximate surface area is 172 Å². The summed E-state index contributed by atoms with van der Waals surface area (Å²) in [5, 5.41) is 3.25. The zero-order valence-electron chi connectivity index (χ0n) is 15.8. The average molecular weight is 408 g/mol. The number of H-pyrrole nitrogens is 1. The van der Waals surface area contributed by atoms with Crippen LogP contribution in [0.4, 0.5) is 5.69 Å². The first-order chi connectivity index (χ1) is 14.1. The van der Waals surface area contributed by atoms with E-state index in [1.807, 2.05) is 36.4 Å². The van der Waals surface area contributed by atoms with Crippen LogP contribution in [0.5, 0.6) is 11.5 Å². The molecule has 0 aliphatic carbocycles. The van der Waals surface area contributed by atoms with E-state index in [0.717, 1.165) is 16.6 Å². The molecule has 0 saturated heterocycles. The van der Waals surface area contributed by atoms with Crippen molar-refractivity contribution >= 4 is 34.2 Å². The molecule has 1 heterocycles. The smallest absolute Gasteiger partial charge is 0.255 e. The topological polar surface area (TPSA) is 76.2 Å². The molecule has 29 heavy (non-hydrogen) atoms. The van der Waals surface area contributed by atoms with Crippen molar-refractivity contribution in [3.05, 3.63) is 71.2 Å². The lowest BCUT2D eigenvalue weighted by Crippen LogP contribution is -2.13. The number of para-hydroxylation sites is 2. The second-order valence-electron chi connectivity index (χ2n) is 6.32. The van der Waals surface area contributed by atoms with Gasteiger partial charge in [0.05, 0.1) is 36.0 Å². The number of fused-ring (bicyclic) bond motifs is 1. The van der Waals surface area contributed by atoms with Crippen molar-refractivity contribution in [1.29, 1.82) is 0 Å². The quantitative estimate of drug-likeness (QED) is 0.479. The van der Waals surface area contributed by atoms with Gasteiger partial charge in [0, 0.05) is 11.1 Å². The van der Waals surface area contributed by atoms with Gasteiger partial charge >= 0.3 is 0 Å². The van der Waals surface area contributed by atoms with Crippen LogP contribution in [0, 0.1) is 0 Å². The number of hydrogen-bond donors (Lipinski definition) is 2. The highest BCUT2D eigenvalue weighted by molar-refractivity contribution is 6.32. The number of ether oxygens (including phenoxy) is 2. The predicted molar refractivity (Wildman–Crippen MR) is 114 cm³/mol. The minimum atomic E-state index is -0.311. The molecule has 146 valence electrons. The van der Waals surface area contributed by atoms with Crippen molar-refractivity contribution in [2.24, 2.45) is 0 Å². The number of aromatic amines is 1. The van der Waals surface area contributed by atoms with Gasteiger partial charge in [-0.05, 0) is 48.5 Å². The van der Waals surface area contributed by atoms with Gasteiger partial charge in [0.25, 0.3) is 5.91 Å². The standard InChI is InChI=1S/C22H18ClN3O3/c1-28-19-9-8-14(11-15(19)23)22(27)26-18-12-13(7-10-20(18)29-2)21-24-16-5-3-4-6-17(16)25-21/h3-12H,1-2H3,(H,24,25)(H,26,27). The number of aromatic nitrogens is 2. The first-order valence-electron chi connectivity index (χ1n) is 8.87. The van der Waals surface area contributed by atoms with E-state index >= 15 is 0 Å². The summed E-state index contributed by atoms with van der Waals surface area (Å²) >= 11 is 6.14. The molecule has 6 nitrogen and oxygen atoms in total. The first-order valence-corrected chi connectivity index (χ1v) is 9.25. The molecule has 7 heteroatoms. The van der Waals surface area contributed by atoms with E-state index in [-0.39, 0.29) is 5.91 Å². The third kappa shape index (κ3) is 3.75. The second-order valence-corrected chi connectivity index (χ2v) is 6.73. The maximum Gasteiger partial charge on any atom is 0.255 e. The van der Waals surface area contributed by atoms with Gasteiger partial charge in [0.1, 0.15) is 17.3 Å². The minimum absolute atomic E-state index is 0.311. The van der Waals surface area contributed by atoms with Gasteiger partial charge in [-0.15, -0.1) is 0 Å². The molecule has 4 rings (SSSR count). The number of benzene rings is 3. The average Bonchev–Trinajstić information content (AvgIpc) is 3.18. The summed E-state index contributed by atoms with van der Waals surface area (Å²) < 4.78 is 10.5. The third-order valence-electron chi connectivity index (χ3n) is 4.52. The Balaban J connectivity index is 1.66. The van der Waals surface area contributed by atoms with Crippen molar-refractivity contribution in [3.8, 4) is 22.9 Å². The van der Waals surface area contributed by atoms with Crippen molar-refractivity contribution in [3.63, 3.8) is 0 Å². The van der Waals surface area contributed by atoms with Gasteiger partial charge in [-0.2, -0.15) is 0 Å². The zero-order valence-corrected chi connectivity index (χ0v) is 16.6. The minimum Gasteiger partial charge on any atom is -0.495 e. The number of methoxy groups -OCH3 is 2. The summed E-state index contributed by atoms with van der Waals surface area (Å²) in [5.74, 6) is 1.44. The van der Waals surface area contributed by atoms with Crippen molar-refractivity contribution in [1.82, 2.24) is 9.97 Å². The number of amides is 1. The molecule has 3 aromatic carbocycles. The summed E-state index contributed by atoms with van der Waals surface area (Å²) in [6.45, 7) is 0. The fraction of sp³-hybridized carbons (Fsp3) is 0.0909. The van der Waals surface area contributed by atoms with E-state index in [2.05, 4.69) is 15.3 Å². The Bertz CT molecular complexity index is 1170. The summed E-state index contributed by atoms with van der Waals surface area (Å²) in [7, 11) is 3.07. The van der Waals surface area contributed by atoms with E-state index < -0.39 is 0 Å². The highest BCUT2D eigenvalue weighted by atomic mass is 35.5. The molecule has 0 aliphatic rings. The lowest BCUT2D eigenvalue weighted by atomic mass is 10.1. The van der Waals surface area contributed by atoms with Crippen LogP contribution in [0.3, 0.4) is 0 Å². The van der Waals surface area contributed by atoms with Crippen LogP contribution in [0.1, 0.15) is 10.4 Å². The number of rotatable bonds is 5. The molecule has 0 spiro atoms.